The zero-order valence-corrected chi connectivity index (χ0v) is 20.0. The number of benzene rings is 3. The predicted octanol–water partition coefficient (Wildman–Crippen LogP) is 5.68. The second-order valence-corrected chi connectivity index (χ2v) is 9.27. The van der Waals surface area contributed by atoms with Crippen molar-refractivity contribution >= 4 is 45.4 Å². The van der Waals surface area contributed by atoms with Crippen LogP contribution in [0.2, 0.25) is 0 Å². The summed E-state index contributed by atoms with van der Waals surface area (Å²) in [4.78, 5) is 30.8. The van der Waals surface area contributed by atoms with E-state index in [1.54, 1.807) is 18.2 Å². The lowest BCUT2D eigenvalue weighted by molar-refractivity contribution is -0.113. The topological polar surface area (TPSA) is 77.1 Å². The third-order valence-corrected chi connectivity index (χ3v) is 6.80. The number of hydrogen-bond acceptors (Lipinski definition) is 5. The summed E-state index contributed by atoms with van der Waals surface area (Å²) in [6, 6.07) is 19.0. The molecule has 35 heavy (non-hydrogen) atoms. The van der Waals surface area contributed by atoms with Crippen LogP contribution in [0.15, 0.2) is 81.1 Å². The summed E-state index contributed by atoms with van der Waals surface area (Å²) >= 11 is 1.17. The Bertz CT molecular complexity index is 1620. The second kappa shape index (κ2) is 9.38. The standard InChI is InChI=1S/C27H22FN3O3S/c1-16-7-12-20(13-17(16)2)29-23(32)15-35-27-30-24-21-5-3-4-6-22(21)34-25(24)26(33)31(27)14-18-8-10-19(28)11-9-18/h3-13H,14-15H2,1-2H3,(H,29,32). The highest BCUT2D eigenvalue weighted by Gasteiger charge is 2.19. The van der Waals surface area contributed by atoms with Crippen LogP contribution in [0.1, 0.15) is 16.7 Å². The number of aryl methyl sites for hydroxylation is 2. The number of carbonyl (C=O) groups is 1. The van der Waals surface area contributed by atoms with Gasteiger partial charge in [-0.25, -0.2) is 9.37 Å². The number of hydrogen-bond donors (Lipinski definition) is 1. The Hall–Kier alpha value is -3.91. The molecule has 3 aromatic carbocycles. The summed E-state index contributed by atoms with van der Waals surface area (Å²) in [6.45, 7) is 4.17. The van der Waals surface area contributed by atoms with E-state index in [1.165, 1.54) is 28.5 Å². The maximum atomic E-state index is 13.4. The van der Waals surface area contributed by atoms with Crippen LogP contribution in [0.4, 0.5) is 10.1 Å². The van der Waals surface area contributed by atoms with Gasteiger partial charge in [-0.3, -0.25) is 14.2 Å². The van der Waals surface area contributed by atoms with Crippen LogP contribution in [0.5, 0.6) is 0 Å². The molecular formula is C27H22FN3O3S. The van der Waals surface area contributed by atoms with E-state index < -0.39 is 0 Å². The fraction of sp³-hybridized carbons (Fsp3) is 0.148. The Morgan fingerprint density at radius 2 is 1.83 bits per heavy atom. The summed E-state index contributed by atoms with van der Waals surface area (Å²) in [5, 5.41) is 4.01. The second-order valence-electron chi connectivity index (χ2n) is 8.32. The quantitative estimate of drug-likeness (QED) is 0.246. The normalized spacial score (nSPS) is 11.3. The first-order chi connectivity index (χ1) is 16.9. The number of carbonyl (C=O) groups excluding carboxylic acids is 1. The van der Waals surface area contributed by atoms with Gasteiger partial charge in [0.1, 0.15) is 16.9 Å². The van der Waals surface area contributed by atoms with E-state index in [0.717, 1.165) is 22.1 Å². The minimum Gasteiger partial charge on any atom is -0.448 e. The summed E-state index contributed by atoms with van der Waals surface area (Å²) in [6.07, 6.45) is 0. The molecule has 0 aliphatic heterocycles. The zero-order valence-electron chi connectivity index (χ0n) is 19.2. The van der Waals surface area contributed by atoms with E-state index in [1.807, 2.05) is 50.2 Å². The van der Waals surface area contributed by atoms with Gasteiger partial charge in [-0.05, 0) is 66.9 Å². The highest BCUT2D eigenvalue weighted by molar-refractivity contribution is 7.99. The van der Waals surface area contributed by atoms with Crippen LogP contribution >= 0.6 is 11.8 Å². The van der Waals surface area contributed by atoms with Crippen molar-refractivity contribution in [2.45, 2.75) is 25.5 Å². The van der Waals surface area contributed by atoms with Gasteiger partial charge >= 0.3 is 0 Å². The van der Waals surface area contributed by atoms with Gasteiger partial charge in [-0.1, -0.05) is 42.1 Å². The Balaban J connectivity index is 1.49. The maximum Gasteiger partial charge on any atom is 0.298 e. The SMILES string of the molecule is Cc1ccc(NC(=O)CSc2nc3c(oc4ccccc43)c(=O)n2Cc2ccc(F)cc2)cc1C. The average Bonchev–Trinajstić information content (AvgIpc) is 3.22. The molecule has 0 atom stereocenters. The van der Waals surface area contributed by atoms with Gasteiger partial charge < -0.3 is 9.73 Å². The molecule has 0 aliphatic rings. The van der Waals surface area contributed by atoms with Gasteiger partial charge in [0, 0.05) is 11.1 Å². The Morgan fingerprint density at radius 1 is 1.06 bits per heavy atom. The molecule has 1 N–H and O–H groups in total. The lowest BCUT2D eigenvalue weighted by atomic mass is 10.1. The molecule has 2 aromatic heterocycles. The van der Waals surface area contributed by atoms with Crippen LogP contribution in [-0.4, -0.2) is 21.2 Å². The van der Waals surface area contributed by atoms with Gasteiger partial charge in [-0.2, -0.15) is 0 Å². The average molecular weight is 488 g/mol. The number of nitrogens with zero attached hydrogens (tertiary/aromatic N) is 2. The van der Waals surface area contributed by atoms with E-state index in [9.17, 15) is 14.0 Å². The van der Waals surface area contributed by atoms with Gasteiger partial charge in [0.2, 0.25) is 11.5 Å². The number of thioether (sulfide) groups is 1. The summed E-state index contributed by atoms with van der Waals surface area (Å²) in [5.41, 5.74) is 4.49. The first-order valence-electron chi connectivity index (χ1n) is 11.1. The summed E-state index contributed by atoms with van der Waals surface area (Å²) < 4.78 is 20.7. The monoisotopic (exact) mass is 487 g/mol. The predicted molar refractivity (Wildman–Crippen MR) is 137 cm³/mol. The maximum absolute atomic E-state index is 13.4. The molecule has 6 nitrogen and oxygen atoms in total. The molecule has 0 saturated heterocycles. The van der Waals surface area contributed by atoms with E-state index in [2.05, 4.69) is 5.32 Å². The third-order valence-electron chi connectivity index (χ3n) is 5.82. The van der Waals surface area contributed by atoms with Gasteiger partial charge in [0.05, 0.1) is 12.3 Å². The molecule has 0 saturated carbocycles. The lowest BCUT2D eigenvalue weighted by Gasteiger charge is -2.12. The number of halogens is 1. The molecule has 0 radical (unpaired) electrons. The minimum absolute atomic E-state index is 0.0596. The number of anilines is 1. The molecular weight excluding hydrogens is 465 g/mol. The van der Waals surface area contributed by atoms with Crippen molar-refractivity contribution in [3.63, 3.8) is 0 Å². The number of amides is 1. The van der Waals surface area contributed by atoms with E-state index in [4.69, 9.17) is 9.40 Å². The van der Waals surface area contributed by atoms with E-state index in [0.29, 0.717) is 21.9 Å². The molecule has 5 aromatic rings. The Morgan fingerprint density at radius 3 is 2.60 bits per heavy atom. The number of furan rings is 1. The van der Waals surface area contributed by atoms with Crippen molar-refractivity contribution in [2.75, 3.05) is 11.1 Å². The van der Waals surface area contributed by atoms with E-state index in [-0.39, 0.29) is 35.2 Å². The molecule has 0 unspecified atom stereocenters. The molecule has 0 bridgehead atoms. The van der Waals surface area contributed by atoms with Crippen molar-refractivity contribution in [1.82, 2.24) is 9.55 Å². The fourth-order valence-electron chi connectivity index (χ4n) is 3.82. The number of fused-ring (bicyclic) bond motifs is 3. The van der Waals surface area contributed by atoms with Crippen molar-refractivity contribution in [1.29, 1.82) is 0 Å². The van der Waals surface area contributed by atoms with Crippen LogP contribution in [0.3, 0.4) is 0 Å². The summed E-state index contributed by atoms with van der Waals surface area (Å²) in [5.74, 6) is -0.507. The van der Waals surface area contributed by atoms with Gasteiger partial charge in [0.15, 0.2) is 5.16 Å². The number of nitrogens with one attached hydrogen (secondary N) is 1. The van der Waals surface area contributed by atoms with Gasteiger partial charge in [0.25, 0.3) is 5.56 Å². The van der Waals surface area contributed by atoms with E-state index >= 15 is 0 Å². The largest absolute Gasteiger partial charge is 0.448 e. The zero-order chi connectivity index (χ0) is 24.5. The smallest absolute Gasteiger partial charge is 0.298 e. The molecule has 176 valence electrons. The Labute approximate surface area is 204 Å². The first-order valence-corrected chi connectivity index (χ1v) is 12.0. The van der Waals surface area contributed by atoms with Crippen molar-refractivity contribution in [3.05, 3.63) is 99.6 Å². The van der Waals surface area contributed by atoms with Gasteiger partial charge in [-0.15, -0.1) is 0 Å². The lowest BCUT2D eigenvalue weighted by Crippen LogP contribution is -2.24. The van der Waals surface area contributed by atoms with Crippen LogP contribution in [-0.2, 0) is 11.3 Å². The number of aromatic nitrogens is 2. The summed E-state index contributed by atoms with van der Waals surface area (Å²) in [7, 11) is 0. The highest BCUT2D eigenvalue weighted by Crippen LogP contribution is 2.27. The molecule has 2 heterocycles. The van der Waals surface area contributed by atoms with Crippen LogP contribution in [0.25, 0.3) is 22.1 Å². The van der Waals surface area contributed by atoms with Crippen LogP contribution in [0, 0.1) is 19.7 Å². The van der Waals surface area contributed by atoms with Crippen molar-refractivity contribution < 1.29 is 13.6 Å². The number of para-hydroxylation sites is 1. The third kappa shape index (κ3) is 4.70. The minimum atomic E-state index is -0.357. The van der Waals surface area contributed by atoms with Crippen molar-refractivity contribution in [2.24, 2.45) is 0 Å². The van der Waals surface area contributed by atoms with Crippen molar-refractivity contribution in [3.8, 4) is 0 Å². The van der Waals surface area contributed by atoms with Crippen LogP contribution < -0.4 is 10.9 Å². The molecule has 8 heteroatoms. The molecule has 5 rings (SSSR count). The molecule has 0 fully saturated rings. The Kier molecular flexibility index (Phi) is 6.13. The number of rotatable bonds is 6. The molecule has 1 amide bonds. The molecule has 0 aliphatic carbocycles. The fourth-order valence-corrected chi connectivity index (χ4v) is 4.61. The highest BCUT2D eigenvalue weighted by atomic mass is 32.2. The first kappa shape index (κ1) is 22.9. The molecule has 0 spiro atoms.